The lowest BCUT2D eigenvalue weighted by Crippen LogP contribution is -2.40. The first kappa shape index (κ1) is 15.3. The second-order valence-corrected chi connectivity index (χ2v) is 5.49. The molecular weight excluding hydrogens is 265 g/mol. The molecule has 1 aliphatic rings. The number of rotatable bonds is 4. The molecule has 0 spiro atoms. The summed E-state index contributed by atoms with van der Waals surface area (Å²) in [5.74, 6) is -2.82. The molecule has 0 amide bonds. The van der Waals surface area contributed by atoms with Crippen LogP contribution in [-0.2, 0) is 6.54 Å². The maximum absolute atomic E-state index is 13.7. The maximum atomic E-state index is 13.7. The predicted octanol–water partition coefficient (Wildman–Crippen LogP) is 3.20. The highest BCUT2D eigenvalue weighted by Gasteiger charge is 2.24. The van der Waals surface area contributed by atoms with E-state index in [1.54, 1.807) is 0 Å². The Labute approximate surface area is 117 Å². The predicted molar refractivity (Wildman–Crippen MR) is 72.6 cm³/mol. The number of nitrogens with zero attached hydrogens (tertiary/aromatic N) is 1. The van der Waals surface area contributed by atoms with Crippen LogP contribution >= 0.6 is 0 Å². The van der Waals surface area contributed by atoms with Gasteiger partial charge >= 0.3 is 0 Å². The van der Waals surface area contributed by atoms with Gasteiger partial charge in [-0.15, -0.1) is 0 Å². The third-order valence-corrected chi connectivity index (χ3v) is 4.13. The molecule has 0 atom stereocenters. The molecule has 0 bridgehead atoms. The zero-order valence-electron chi connectivity index (χ0n) is 11.7. The second kappa shape index (κ2) is 6.59. The average molecular weight is 286 g/mol. The normalized spacial score (nSPS) is 23.3. The minimum atomic E-state index is -1.14. The summed E-state index contributed by atoms with van der Waals surface area (Å²) in [6, 6.07) is 2.18. The largest absolute Gasteiger partial charge is 0.328 e. The Kier molecular flexibility index (Phi) is 5.05. The summed E-state index contributed by atoms with van der Waals surface area (Å²) in [5, 5.41) is 0. The van der Waals surface area contributed by atoms with Crippen LogP contribution < -0.4 is 5.73 Å². The molecule has 0 saturated heterocycles. The lowest BCUT2D eigenvalue weighted by atomic mass is 9.90. The molecule has 2 rings (SSSR count). The minimum absolute atomic E-state index is 0.209. The van der Waals surface area contributed by atoms with Gasteiger partial charge in [-0.05, 0) is 38.3 Å². The molecule has 1 saturated carbocycles. The van der Waals surface area contributed by atoms with E-state index >= 15 is 0 Å². The van der Waals surface area contributed by atoms with Crippen molar-refractivity contribution < 1.29 is 13.2 Å². The van der Waals surface area contributed by atoms with E-state index in [-0.39, 0.29) is 11.6 Å². The van der Waals surface area contributed by atoms with Crippen molar-refractivity contribution in [3.8, 4) is 0 Å². The van der Waals surface area contributed by atoms with Crippen LogP contribution in [0.5, 0.6) is 0 Å². The Balaban J connectivity index is 2.08. The molecule has 1 fully saturated rings. The van der Waals surface area contributed by atoms with E-state index < -0.39 is 17.5 Å². The van der Waals surface area contributed by atoms with Crippen molar-refractivity contribution in [1.82, 2.24) is 4.90 Å². The summed E-state index contributed by atoms with van der Waals surface area (Å²) in [6.07, 6.45) is 3.86. The van der Waals surface area contributed by atoms with Gasteiger partial charge in [-0.3, -0.25) is 4.90 Å². The summed E-state index contributed by atoms with van der Waals surface area (Å²) in [4.78, 5) is 2.11. The van der Waals surface area contributed by atoms with Crippen molar-refractivity contribution in [2.75, 3.05) is 6.54 Å². The van der Waals surface area contributed by atoms with Gasteiger partial charge in [0.25, 0.3) is 0 Å². The zero-order valence-corrected chi connectivity index (χ0v) is 11.7. The standard InChI is InChI=1S/C15H21F3N2/c1-2-20(12-5-3-11(19)4-6-12)9-10-7-14(17)15(18)8-13(10)16/h7-8,11-12H,2-6,9,19H2,1H3. The molecule has 1 aromatic carbocycles. The van der Waals surface area contributed by atoms with Crippen LogP contribution in [0, 0.1) is 17.5 Å². The Morgan fingerprint density at radius 1 is 1.05 bits per heavy atom. The SMILES string of the molecule is CCN(Cc1cc(F)c(F)cc1F)C1CCC(N)CC1. The van der Waals surface area contributed by atoms with Crippen molar-refractivity contribution in [2.45, 2.75) is 51.2 Å². The molecule has 2 nitrogen and oxygen atoms in total. The van der Waals surface area contributed by atoms with Crippen molar-refractivity contribution in [3.63, 3.8) is 0 Å². The number of hydrogen-bond acceptors (Lipinski definition) is 2. The van der Waals surface area contributed by atoms with Gasteiger partial charge in [-0.1, -0.05) is 6.92 Å². The maximum Gasteiger partial charge on any atom is 0.161 e. The summed E-state index contributed by atoms with van der Waals surface area (Å²) < 4.78 is 39.9. The number of nitrogens with two attached hydrogens (primary N) is 1. The lowest BCUT2D eigenvalue weighted by Gasteiger charge is -2.35. The van der Waals surface area contributed by atoms with Crippen molar-refractivity contribution in [2.24, 2.45) is 5.73 Å². The molecule has 5 heteroatoms. The highest BCUT2D eigenvalue weighted by atomic mass is 19.2. The highest BCUT2D eigenvalue weighted by molar-refractivity contribution is 5.20. The summed E-state index contributed by atoms with van der Waals surface area (Å²) in [5.41, 5.74) is 6.09. The fourth-order valence-electron chi connectivity index (χ4n) is 2.87. The van der Waals surface area contributed by atoms with E-state index in [2.05, 4.69) is 4.90 Å². The Bertz CT molecular complexity index is 457. The van der Waals surface area contributed by atoms with Crippen molar-refractivity contribution >= 4 is 0 Å². The molecule has 0 heterocycles. The molecule has 0 radical (unpaired) electrons. The van der Waals surface area contributed by atoms with E-state index in [1.165, 1.54) is 0 Å². The number of hydrogen-bond donors (Lipinski definition) is 1. The van der Waals surface area contributed by atoms with E-state index in [9.17, 15) is 13.2 Å². The topological polar surface area (TPSA) is 29.3 Å². The van der Waals surface area contributed by atoms with E-state index in [4.69, 9.17) is 5.73 Å². The first-order chi connectivity index (χ1) is 9.51. The summed E-state index contributed by atoms with van der Waals surface area (Å²) in [7, 11) is 0. The minimum Gasteiger partial charge on any atom is -0.328 e. The van der Waals surface area contributed by atoms with Crippen molar-refractivity contribution in [3.05, 3.63) is 35.1 Å². The molecule has 2 N–H and O–H groups in total. The van der Waals surface area contributed by atoms with Gasteiger partial charge in [0.1, 0.15) is 5.82 Å². The zero-order chi connectivity index (χ0) is 14.7. The van der Waals surface area contributed by atoms with Gasteiger partial charge in [0.2, 0.25) is 0 Å². The molecule has 1 aliphatic carbocycles. The molecular formula is C15H21F3N2. The van der Waals surface area contributed by atoms with Gasteiger partial charge in [-0.2, -0.15) is 0 Å². The van der Waals surface area contributed by atoms with Crippen LogP contribution in [0.25, 0.3) is 0 Å². The fraction of sp³-hybridized carbons (Fsp3) is 0.600. The van der Waals surface area contributed by atoms with Gasteiger partial charge in [0, 0.05) is 30.3 Å². The quantitative estimate of drug-likeness (QED) is 0.861. The van der Waals surface area contributed by atoms with Gasteiger partial charge in [0.05, 0.1) is 0 Å². The fourth-order valence-corrected chi connectivity index (χ4v) is 2.87. The van der Waals surface area contributed by atoms with Crippen LogP contribution in [0.3, 0.4) is 0 Å². The molecule has 20 heavy (non-hydrogen) atoms. The summed E-state index contributed by atoms with van der Waals surface area (Å²) >= 11 is 0. The van der Waals surface area contributed by atoms with Gasteiger partial charge in [0.15, 0.2) is 11.6 Å². The molecule has 1 aromatic rings. The Morgan fingerprint density at radius 2 is 1.65 bits per heavy atom. The van der Waals surface area contributed by atoms with Crippen LogP contribution in [-0.4, -0.2) is 23.5 Å². The third-order valence-electron chi connectivity index (χ3n) is 4.13. The molecule has 0 aromatic heterocycles. The molecule has 112 valence electrons. The Morgan fingerprint density at radius 3 is 2.25 bits per heavy atom. The molecule has 0 aliphatic heterocycles. The highest BCUT2D eigenvalue weighted by Crippen LogP contribution is 2.24. The third kappa shape index (κ3) is 3.52. The van der Waals surface area contributed by atoms with Crippen LogP contribution in [0.1, 0.15) is 38.2 Å². The first-order valence-electron chi connectivity index (χ1n) is 7.14. The molecule has 0 unspecified atom stereocenters. The van der Waals surface area contributed by atoms with Crippen LogP contribution in [0.4, 0.5) is 13.2 Å². The van der Waals surface area contributed by atoms with Gasteiger partial charge < -0.3 is 5.73 Å². The first-order valence-corrected chi connectivity index (χ1v) is 7.14. The number of benzene rings is 1. The van der Waals surface area contributed by atoms with Gasteiger partial charge in [-0.25, -0.2) is 13.2 Å². The van der Waals surface area contributed by atoms with Crippen LogP contribution in [0.15, 0.2) is 12.1 Å². The Hall–Kier alpha value is -1.07. The van der Waals surface area contributed by atoms with E-state index in [0.29, 0.717) is 18.7 Å². The summed E-state index contributed by atoms with van der Waals surface area (Å²) in [6.45, 7) is 3.05. The van der Waals surface area contributed by atoms with E-state index in [1.807, 2.05) is 6.92 Å². The van der Waals surface area contributed by atoms with Crippen molar-refractivity contribution in [1.29, 1.82) is 0 Å². The van der Waals surface area contributed by atoms with E-state index in [0.717, 1.165) is 38.3 Å². The monoisotopic (exact) mass is 286 g/mol. The van der Waals surface area contributed by atoms with Crippen LogP contribution in [0.2, 0.25) is 0 Å². The second-order valence-electron chi connectivity index (χ2n) is 5.49. The smallest absolute Gasteiger partial charge is 0.161 e. The lowest BCUT2D eigenvalue weighted by molar-refractivity contribution is 0.147. The average Bonchev–Trinajstić information content (AvgIpc) is 2.42. The number of halogens is 3.